The third kappa shape index (κ3) is 5.99. The van der Waals surface area contributed by atoms with Crippen molar-refractivity contribution in [3.05, 3.63) is 84.3 Å². The molecular formula is C27H31N7O3. The molecule has 0 unspecified atom stereocenters. The molecular weight excluding hydrogens is 470 g/mol. The van der Waals surface area contributed by atoms with Crippen molar-refractivity contribution in [3.63, 3.8) is 0 Å². The fourth-order valence-electron chi connectivity index (χ4n) is 4.61. The van der Waals surface area contributed by atoms with Crippen LogP contribution in [0.25, 0.3) is 5.52 Å². The Labute approximate surface area is 215 Å². The summed E-state index contributed by atoms with van der Waals surface area (Å²) in [4.78, 5) is 19.1. The van der Waals surface area contributed by atoms with Crippen molar-refractivity contribution in [1.29, 1.82) is 0 Å². The van der Waals surface area contributed by atoms with Crippen LogP contribution < -0.4 is 21.1 Å². The van der Waals surface area contributed by atoms with Gasteiger partial charge < -0.3 is 25.8 Å². The molecule has 1 saturated heterocycles. The van der Waals surface area contributed by atoms with E-state index in [1.807, 2.05) is 65.3 Å². The summed E-state index contributed by atoms with van der Waals surface area (Å²) in [5, 5.41) is 10.7. The van der Waals surface area contributed by atoms with Crippen LogP contribution in [0.5, 0.6) is 5.75 Å². The van der Waals surface area contributed by atoms with E-state index >= 15 is 0 Å². The first-order valence-electron chi connectivity index (χ1n) is 12.3. The fraction of sp³-hybridized carbons (Fsp3) is 0.296. The number of hydrogen-bond donors (Lipinski definition) is 3. The maximum Gasteiger partial charge on any atom is 0.407 e. The van der Waals surface area contributed by atoms with E-state index in [9.17, 15) is 4.79 Å². The van der Waals surface area contributed by atoms with Crippen molar-refractivity contribution in [2.45, 2.75) is 31.7 Å². The standard InChI is InChI=1S/C27H31N7O3/c1-36-22-9-5-8-21(14-22)31-26-25-20(10-13-34(25)30-18-29-26)15-33-12-11-24(23(28)16-33)32-27(35)37-17-19-6-3-2-4-7-19/h2-10,13-14,18,23-24H,11-12,15-17,28H2,1H3,(H,32,35)(H,29,30,31)/t23-,24+/m0/s1. The Morgan fingerprint density at radius 1 is 1.16 bits per heavy atom. The zero-order valence-electron chi connectivity index (χ0n) is 20.7. The van der Waals surface area contributed by atoms with Gasteiger partial charge in [-0.1, -0.05) is 36.4 Å². The predicted molar refractivity (Wildman–Crippen MR) is 141 cm³/mol. The van der Waals surface area contributed by atoms with E-state index in [1.165, 1.54) is 6.33 Å². The number of alkyl carbamates (subject to hydrolysis) is 1. The van der Waals surface area contributed by atoms with Gasteiger partial charge in [0.2, 0.25) is 0 Å². The quantitative estimate of drug-likeness (QED) is 0.337. The summed E-state index contributed by atoms with van der Waals surface area (Å²) < 4.78 is 12.5. The van der Waals surface area contributed by atoms with Crippen LogP contribution in [-0.2, 0) is 17.9 Å². The molecule has 10 nitrogen and oxygen atoms in total. The SMILES string of the molecule is COc1cccc(Nc2ncnn3ccc(CN4CC[C@@H](NC(=O)OCc5ccccc5)[C@@H](N)C4)c23)c1. The van der Waals surface area contributed by atoms with Gasteiger partial charge in [-0.05, 0) is 35.7 Å². The molecule has 10 heteroatoms. The molecule has 1 fully saturated rings. The highest BCUT2D eigenvalue weighted by molar-refractivity contribution is 5.76. The normalized spacial score (nSPS) is 17.9. The summed E-state index contributed by atoms with van der Waals surface area (Å²) in [6.45, 7) is 2.36. The number of nitrogens with zero attached hydrogens (tertiary/aromatic N) is 4. The summed E-state index contributed by atoms with van der Waals surface area (Å²) in [5.41, 5.74) is 10.3. The lowest BCUT2D eigenvalue weighted by Gasteiger charge is -2.36. The highest BCUT2D eigenvalue weighted by atomic mass is 16.5. The smallest absolute Gasteiger partial charge is 0.407 e. The number of amides is 1. The van der Waals surface area contributed by atoms with Crippen molar-refractivity contribution in [2.24, 2.45) is 5.73 Å². The predicted octanol–water partition coefficient (Wildman–Crippen LogP) is 3.31. The molecule has 1 amide bonds. The Bertz CT molecular complexity index is 1340. The Morgan fingerprint density at radius 3 is 2.84 bits per heavy atom. The molecule has 1 aliphatic heterocycles. The van der Waals surface area contributed by atoms with E-state index in [1.54, 1.807) is 7.11 Å². The Hall–Kier alpha value is -4.15. The number of aromatic nitrogens is 3. The van der Waals surface area contributed by atoms with Crippen molar-refractivity contribution in [3.8, 4) is 5.75 Å². The van der Waals surface area contributed by atoms with Crippen molar-refractivity contribution in [2.75, 3.05) is 25.5 Å². The summed E-state index contributed by atoms with van der Waals surface area (Å²) in [7, 11) is 1.64. The second-order valence-electron chi connectivity index (χ2n) is 9.10. The lowest BCUT2D eigenvalue weighted by atomic mass is 10.00. The van der Waals surface area contributed by atoms with Gasteiger partial charge >= 0.3 is 6.09 Å². The zero-order valence-corrected chi connectivity index (χ0v) is 20.7. The average Bonchev–Trinajstić information content (AvgIpc) is 3.33. The second-order valence-corrected chi connectivity index (χ2v) is 9.10. The van der Waals surface area contributed by atoms with Gasteiger partial charge in [-0.3, -0.25) is 4.90 Å². The number of methoxy groups -OCH3 is 1. The molecule has 5 rings (SSSR count). The summed E-state index contributed by atoms with van der Waals surface area (Å²) >= 11 is 0. The Kier molecular flexibility index (Phi) is 7.48. The van der Waals surface area contributed by atoms with Crippen LogP contribution in [0.4, 0.5) is 16.3 Å². The first-order valence-corrected chi connectivity index (χ1v) is 12.3. The summed E-state index contributed by atoms with van der Waals surface area (Å²) in [6.07, 6.45) is 3.75. The molecule has 0 radical (unpaired) electrons. The van der Waals surface area contributed by atoms with Gasteiger partial charge in [0.25, 0.3) is 0 Å². The Morgan fingerprint density at radius 2 is 2.03 bits per heavy atom. The average molecular weight is 502 g/mol. The number of carbonyl (C=O) groups excluding carboxylic acids is 1. The van der Waals surface area contributed by atoms with Crippen molar-refractivity contribution >= 4 is 23.1 Å². The molecule has 4 N–H and O–H groups in total. The van der Waals surface area contributed by atoms with Crippen molar-refractivity contribution < 1.29 is 14.3 Å². The first kappa shape index (κ1) is 24.5. The highest BCUT2D eigenvalue weighted by Gasteiger charge is 2.29. The van der Waals surface area contributed by atoms with E-state index in [0.29, 0.717) is 18.9 Å². The van der Waals surface area contributed by atoms with Gasteiger partial charge in [-0.2, -0.15) is 5.10 Å². The molecule has 2 atom stereocenters. The highest BCUT2D eigenvalue weighted by Crippen LogP contribution is 2.26. The molecule has 0 aliphatic carbocycles. The van der Waals surface area contributed by atoms with Gasteiger partial charge in [0.15, 0.2) is 5.82 Å². The van der Waals surface area contributed by atoms with Gasteiger partial charge in [0.05, 0.1) is 7.11 Å². The van der Waals surface area contributed by atoms with Crippen LogP contribution in [0, 0.1) is 0 Å². The molecule has 2 aromatic heterocycles. The van der Waals surface area contributed by atoms with Gasteiger partial charge in [0, 0.05) is 49.7 Å². The van der Waals surface area contributed by atoms with Crippen LogP contribution >= 0.6 is 0 Å². The van der Waals surface area contributed by atoms with Crippen LogP contribution in [0.3, 0.4) is 0 Å². The number of fused-ring (bicyclic) bond motifs is 1. The molecule has 37 heavy (non-hydrogen) atoms. The van der Waals surface area contributed by atoms with E-state index in [0.717, 1.165) is 41.0 Å². The molecule has 0 bridgehead atoms. The Balaban J connectivity index is 1.20. The molecule has 3 heterocycles. The van der Waals surface area contributed by atoms with Crippen LogP contribution in [0.1, 0.15) is 17.5 Å². The molecule has 2 aromatic carbocycles. The number of ether oxygens (including phenoxy) is 2. The number of carbonyl (C=O) groups is 1. The lowest BCUT2D eigenvalue weighted by molar-refractivity contribution is 0.120. The second kappa shape index (κ2) is 11.3. The fourth-order valence-corrected chi connectivity index (χ4v) is 4.61. The molecule has 4 aromatic rings. The summed E-state index contributed by atoms with van der Waals surface area (Å²) in [5.74, 6) is 1.48. The topological polar surface area (TPSA) is 119 Å². The van der Waals surface area contributed by atoms with E-state index in [2.05, 4.69) is 31.7 Å². The lowest BCUT2D eigenvalue weighted by Crippen LogP contribution is -2.57. The monoisotopic (exact) mass is 501 g/mol. The third-order valence-corrected chi connectivity index (χ3v) is 6.52. The molecule has 192 valence electrons. The van der Waals surface area contributed by atoms with Crippen molar-refractivity contribution in [1.82, 2.24) is 24.8 Å². The number of hydrogen-bond acceptors (Lipinski definition) is 8. The number of benzene rings is 2. The van der Waals surface area contributed by atoms with Crippen LogP contribution in [-0.4, -0.2) is 57.9 Å². The molecule has 0 saturated carbocycles. The number of nitrogens with one attached hydrogen (secondary N) is 2. The van der Waals surface area contributed by atoms with Crippen LogP contribution in [0.15, 0.2) is 73.2 Å². The zero-order chi connectivity index (χ0) is 25.6. The van der Waals surface area contributed by atoms with E-state index in [-0.39, 0.29) is 18.7 Å². The maximum atomic E-state index is 12.3. The molecule has 0 spiro atoms. The minimum atomic E-state index is -0.443. The molecule has 1 aliphatic rings. The third-order valence-electron chi connectivity index (χ3n) is 6.52. The van der Waals surface area contributed by atoms with Gasteiger partial charge in [0.1, 0.15) is 24.2 Å². The minimum Gasteiger partial charge on any atom is -0.497 e. The van der Waals surface area contributed by atoms with Crippen LogP contribution in [0.2, 0.25) is 0 Å². The first-order chi connectivity index (χ1) is 18.1. The van der Waals surface area contributed by atoms with Gasteiger partial charge in [-0.25, -0.2) is 14.3 Å². The largest absolute Gasteiger partial charge is 0.497 e. The number of nitrogens with two attached hydrogens (primary N) is 1. The number of rotatable bonds is 8. The van der Waals surface area contributed by atoms with E-state index < -0.39 is 6.09 Å². The number of anilines is 2. The number of likely N-dealkylation sites (tertiary alicyclic amines) is 1. The van der Waals surface area contributed by atoms with Gasteiger partial charge in [-0.15, -0.1) is 0 Å². The van der Waals surface area contributed by atoms with E-state index in [4.69, 9.17) is 15.2 Å². The minimum absolute atomic E-state index is 0.140. The maximum absolute atomic E-state index is 12.3. The summed E-state index contributed by atoms with van der Waals surface area (Å²) in [6, 6.07) is 19.0. The number of piperidine rings is 1.